The highest BCUT2D eigenvalue weighted by molar-refractivity contribution is 4.70. The van der Waals surface area contributed by atoms with Crippen LogP contribution in [0.1, 0.15) is 32.1 Å². The van der Waals surface area contributed by atoms with Crippen molar-refractivity contribution in [3.63, 3.8) is 0 Å². The summed E-state index contributed by atoms with van der Waals surface area (Å²) in [6.45, 7) is 6.34. The molecule has 10 heavy (non-hydrogen) atoms. The van der Waals surface area contributed by atoms with Gasteiger partial charge < -0.3 is 5.32 Å². The van der Waals surface area contributed by atoms with Crippen molar-refractivity contribution in [1.29, 1.82) is 0 Å². The number of hydrogen-bond donors (Lipinski definition) is 1. The van der Waals surface area contributed by atoms with Crippen molar-refractivity contribution >= 4 is 0 Å². The predicted octanol–water partition coefficient (Wildman–Crippen LogP) is 1.99. The smallest absolute Gasteiger partial charge is 0.00200 e. The van der Waals surface area contributed by atoms with Crippen LogP contribution in [0.25, 0.3) is 0 Å². The highest BCUT2D eigenvalue weighted by Gasteiger charge is 2.12. The molecule has 0 saturated carbocycles. The summed E-state index contributed by atoms with van der Waals surface area (Å²) in [5.41, 5.74) is 0. The molecule has 1 aliphatic rings. The first-order valence-electron chi connectivity index (χ1n) is 4.43. The van der Waals surface area contributed by atoms with Gasteiger partial charge in [0.2, 0.25) is 0 Å². The Labute approximate surface area is 64.2 Å². The second-order valence-electron chi connectivity index (χ2n) is 3.21. The Kier molecular flexibility index (Phi) is 3.81. The minimum Gasteiger partial charge on any atom is -0.316 e. The van der Waals surface area contributed by atoms with E-state index in [0.29, 0.717) is 0 Å². The maximum absolute atomic E-state index is 3.83. The monoisotopic (exact) mass is 140 g/mol. The zero-order chi connectivity index (χ0) is 7.23. The zero-order valence-corrected chi connectivity index (χ0v) is 6.73. The summed E-state index contributed by atoms with van der Waals surface area (Å²) in [5.74, 6) is 0.978. The fourth-order valence-corrected chi connectivity index (χ4v) is 1.57. The molecule has 1 unspecified atom stereocenters. The van der Waals surface area contributed by atoms with E-state index in [1.807, 2.05) is 0 Å². The molecule has 1 nitrogen and oxygen atoms in total. The highest BCUT2D eigenvalue weighted by Crippen LogP contribution is 2.15. The van der Waals surface area contributed by atoms with Crippen LogP contribution in [0.15, 0.2) is 0 Å². The molecule has 59 valence electrons. The summed E-state index contributed by atoms with van der Waals surface area (Å²) in [7, 11) is 0. The lowest BCUT2D eigenvalue weighted by atomic mass is 10.0. The van der Waals surface area contributed by atoms with E-state index in [1.54, 1.807) is 0 Å². The summed E-state index contributed by atoms with van der Waals surface area (Å²) in [4.78, 5) is 0. The average Bonchev–Trinajstić information content (AvgIpc) is 2.41. The predicted molar refractivity (Wildman–Crippen MR) is 44.8 cm³/mol. The maximum atomic E-state index is 3.83. The van der Waals surface area contributed by atoms with Gasteiger partial charge in [-0.1, -0.05) is 26.2 Å². The summed E-state index contributed by atoms with van der Waals surface area (Å²) in [5, 5.41) is 3.38. The fourth-order valence-electron chi connectivity index (χ4n) is 1.57. The lowest BCUT2D eigenvalue weighted by Crippen LogP contribution is -2.08. The molecule has 1 aliphatic heterocycles. The molecular weight excluding hydrogens is 122 g/mol. The molecule has 1 rings (SSSR count). The molecule has 0 aromatic carbocycles. The van der Waals surface area contributed by atoms with Crippen LogP contribution in [0, 0.1) is 12.8 Å². The quantitative estimate of drug-likeness (QED) is 0.589. The van der Waals surface area contributed by atoms with E-state index in [0.717, 1.165) is 12.3 Å². The summed E-state index contributed by atoms with van der Waals surface area (Å²) < 4.78 is 0. The van der Waals surface area contributed by atoms with Gasteiger partial charge in [-0.2, -0.15) is 0 Å². The molecule has 1 atom stereocenters. The van der Waals surface area contributed by atoms with Crippen molar-refractivity contribution in [3.05, 3.63) is 6.92 Å². The second kappa shape index (κ2) is 4.73. The summed E-state index contributed by atoms with van der Waals surface area (Å²) >= 11 is 0. The molecule has 1 radical (unpaired) electrons. The molecule has 0 spiro atoms. The molecule has 1 saturated heterocycles. The van der Waals surface area contributed by atoms with Crippen molar-refractivity contribution in [3.8, 4) is 0 Å². The molecule has 0 bridgehead atoms. The first-order chi connectivity index (χ1) is 4.93. The van der Waals surface area contributed by atoms with Crippen LogP contribution in [0.4, 0.5) is 0 Å². The Morgan fingerprint density at radius 3 is 2.90 bits per heavy atom. The van der Waals surface area contributed by atoms with E-state index in [9.17, 15) is 0 Å². The van der Waals surface area contributed by atoms with Crippen molar-refractivity contribution in [2.45, 2.75) is 32.1 Å². The Bertz CT molecular complexity index is 74.8. The third kappa shape index (κ3) is 2.70. The molecule has 0 aromatic rings. The SMILES string of the molecule is [CH2]CCCCC1CCNC1. The fraction of sp³-hybridized carbons (Fsp3) is 0.889. The van der Waals surface area contributed by atoms with Crippen LogP contribution in [-0.2, 0) is 0 Å². The number of rotatable bonds is 4. The standard InChI is InChI=1S/C9H18N/c1-2-3-4-5-9-6-7-10-8-9/h9-10H,1-8H2. The van der Waals surface area contributed by atoms with Gasteiger partial charge in [0.25, 0.3) is 0 Å². The second-order valence-corrected chi connectivity index (χ2v) is 3.21. The molecule has 1 heteroatoms. The normalized spacial score (nSPS) is 25.5. The lowest BCUT2D eigenvalue weighted by Gasteiger charge is -2.05. The molecule has 1 fully saturated rings. The third-order valence-corrected chi connectivity index (χ3v) is 2.27. The molecule has 0 aliphatic carbocycles. The van der Waals surface area contributed by atoms with Crippen LogP contribution in [0.3, 0.4) is 0 Å². The van der Waals surface area contributed by atoms with Gasteiger partial charge in [-0.15, -0.1) is 0 Å². The van der Waals surface area contributed by atoms with Gasteiger partial charge in [-0.05, 0) is 31.8 Å². The summed E-state index contributed by atoms with van der Waals surface area (Å²) in [6, 6.07) is 0. The first-order valence-corrected chi connectivity index (χ1v) is 4.43. The topological polar surface area (TPSA) is 12.0 Å². The van der Waals surface area contributed by atoms with Gasteiger partial charge in [-0.3, -0.25) is 0 Å². The largest absolute Gasteiger partial charge is 0.316 e. The molecule has 1 heterocycles. The van der Waals surface area contributed by atoms with E-state index in [-0.39, 0.29) is 0 Å². The van der Waals surface area contributed by atoms with Gasteiger partial charge in [0.15, 0.2) is 0 Å². The van der Waals surface area contributed by atoms with Crippen molar-refractivity contribution in [2.75, 3.05) is 13.1 Å². The number of hydrogen-bond acceptors (Lipinski definition) is 1. The molecule has 0 aromatic heterocycles. The van der Waals surface area contributed by atoms with Crippen LogP contribution in [0.5, 0.6) is 0 Å². The van der Waals surface area contributed by atoms with E-state index in [2.05, 4.69) is 12.2 Å². The zero-order valence-electron chi connectivity index (χ0n) is 6.73. The van der Waals surface area contributed by atoms with Crippen molar-refractivity contribution in [1.82, 2.24) is 5.32 Å². The van der Waals surface area contributed by atoms with Gasteiger partial charge in [-0.25, -0.2) is 0 Å². The van der Waals surface area contributed by atoms with E-state index in [1.165, 1.54) is 38.8 Å². The number of unbranched alkanes of at least 4 members (excludes halogenated alkanes) is 2. The van der Waals surface area contributed by atoms with Gasteiger partial charge >= 0.3 is 0 Å². The van der Waals surface area contributed by atoms with Gasteiger partial charge in [0.1, 0.15) is 0 Å². The molecular formula is C9H18N. The number of nitrogens with one attached hydrogen (secondary N) is 1. The third-order valence-electron chi connectivity index (χ3n) is 2.27. The van der Waals surface area contributed by atoms with Crippen LogP contribution < -0.4 is 5.32 Å². The minimum atomic E-state index is 0.978. The Morgan fingerprint density at radius 1 is 1.40 bits per heavy atom. The van der Waals surface area contributed by atoms with Gasteiger partial charge in [0.05, 0.1) is 0 Å². The van der Waals surface area contributed by atoms with Gasteiger partial charge in [0, 0.05) is 0 Å². The molecule has 1 N–H and O–H groups in total. The van der Waals surface area contributed by atoms with Crippen LogP contribution in [-0.4, -0.2) is 13.1 Å². The first kappa shape index (κ1) is 8.06. The Balaban J connectivity index is 1.91. The van der Waals surface area contributed by atoms with Crippen molar-refractivity contribution < 1.29 is 0 Å². The minimum absolute atomic E-state index is 0.978. The van der Waals surface area contributed by atoms with E-state index >= 15 is 0 Å². The summed E-state index contributed by atoms with van der Waals surface area (Å²) in [6.07, 6.45) is 6.63. The Hall–Kier alpha value is -0.0400. The maximum Gasteiger partial charge on any atom is -0.00200 e. The Morgan fingerprint density at radius 2 is 2.30 bits per heavy atom. The van der Waals surface area contributed by atoms with Crippen LogP contribution in [0.2, 0.25) is 0 Å². The van der Waals surface area contributed by atoms with Crippen molar-refractivity contribution in [2.24, 2.45) is 5.92 Å². The van der Waals surface area contributed by atoms with E-state index in [4.69, 9.17) is 0 Å². The highest BCUT2D eigenvalue weighted by atomic mass is 14.9. The molecule has 0 amide bonds. The average molecular weight is 140 g/mol. The van der Waals surface area contributed by atoms with E-state index < -0.39 is 0 Å². The lowest BCUT2D eigenvalue weighted by molar-refractivity contribution is 0.499. The van der Waals surface area contributed by atoms with Crippen LogP contribution >= 0.6 is 0 Å².